The summed E-state index contributed by atoms with van der Waals surface area (Å²) >= 11 is 0. The van der Waals surface area contributed by atoms with E-state index in [1.165, 1.54) is 121 Å². The van der Waals surface area contributed by atoms with E-state index in [0.717, 1.165) is 104 Å². The van der Waals surface area contributed by atoms with Crippen molar-refractivity contribution in [2.75, 3.05) is 13.2 Å². The lowest BCUT2D eigenvalue weighted by atomic mass is 9.62. The van der Waals surface area contributed by atoms with Crippen LogP contribution in [-0.2, 0) is 47.6 Å². The molecule has 94 heavy (non-hydrogen) atoms. The van der Waals surface area contributed by atoms with Gasteiger partial charge in [0.05, 0.1) is 30.0 Å². The van der Waals surface area contributed by atoms with Gasteiger partial charge in [0.25, 0.3) is 0 Å². The lowest BCUT2D eigenvalue weighted by Crippen LogP contribution is -2.38. The molecule has 0 amide bonds. The van der Waals surface area contributed by atoms with Crippen molar-refractivity contribution in [3.63, 3.8) is 0 Å². The topological polar surface area (TPSA) is 124 Å². The molecule has 0 radical (unpaired) electrons. The van der Waals surface area contributed by atoms with Crippen molar-refractivity contribution in [1.29, 1.82) is 0 Å². The van der Waals surface area contributed by atoms with E-state index in [4.69, 9.17) is 28.4 Å². The van der Waals surface area contributed by atoms with Crippen LogP contribution in [0.15, 0.2) is 23.0 Å². The van der Waals surface area contributed by atoms with Crippen molar-refractivity contribution in [2.24, 2.45) is 127 Å². The Morgan fingerprint density at radius 2 is 0.787 bits per heavy atom. The van der Waals surface area contributed by atoms with Crippen LogP contribution in [0.4, 0.5) is 0 Å². The summed E-state index contributed by atoms with van der Waals surface area (Å²) in [5.74, 6) is 10.4. The van der Waals surface area contributed by atoms with Crippen LogP contribution in [-0.4, -0.2) is 67.6 Å². The molecule has 12 aliphatic rings. The van der Waals surface area contributed by atoms with Crippen molar-refractivity contribution in [1.82, 2.24) is 0 Å². The SMILES string of the molecule is CCC(C)C1(C)C=C2OC(=O)C(C)C2CC1.CCC(C)C1(C)CCC2=C(C)C(=O)OC2C1.CCC(C)C1(C)CCC2C(C)COC2C1.CCC(C)C1(C)CCC2C(C1)OC(=O)C2C.CCC(C)C1(C)CC[C@@H]2C(C1)OC(=O)C2C.CCC(C)C1(C)CC[C@H]2C(C)COC2C1. The van der Waals surface area contributed by atoms with Gasteiger partial charge in [-0.25, -0.2) is 4.79 Å². The fourth-order valence-electron chi connectivity index (χ4n) is 20.1. The first-order chi connectivity index (χ1) is 44.0. The third-order valence-electron chi connectivity index (χ3n) is 30.8. The van der Waals surface area contributed by atoms with Crippen LogP contribution in [0.2, 0.25) is 0 Å². The van der Waals surface area contributed by atoms with Crippen LogP contribution in [0.25, 0.3) is 0 Å². The van der Waals surface area contributed by atoms with Gasteiger partial charge in [-0.15, -0.1) is 0 Å². The molecule has 25 unspecified atom stereocenters. The molecular formula is C84H144O10. The Labute approximate surface area is 576 Å². The summed E-state index contributed by atoms with van der Waals surface area (Å²) < 4.78 is 33.8. The van der Waals surface area contributed by atoms with E-state index >= 15 is 0 Å². The minimum Gasteiger partial charge on any atom is -0.462 e. The first kappa shape index (κ1) is 78.6. The monoisotopic (exact) mass is 1310 g/mol. The first-order valence-electron chi connectivity index (χ1n) is 39.5. The molecule has 10 fully saturated rings. The molecule has 0 aromatic rings. The maximum atomic E-state index is 11.6. The second-order valence-electron chi connectivity index (χ2n) is 36.1. The molecule has 540 valence electrons. The van der Waals surface area contributed by atoms with Gasteiger partial charge in [-0.1, -0.05) is 198 Å². The largest absolute Gasteiger partial charge is 0.462 e. The number of carbonyl (C=O) groups excluding carboxylic acids is 4. The average Bonchev–Trinajstić information content (AvgIpc) is 1.70. The van der Waals surface area contributed by atoms with Crippen molar-refractivity contribution >= 4 is 23.9 Å². The fraction of sp³-hybridized carbons (Fsp3) is 0.905. The number of ether oxygens (including phenoxy) is 6. The minimum absolute atomic E-state index is 0.0309. The van der Waals surface area contributed by atoms with Crippen LogP contribution >= 0.6 is 0 Å². The highest BCUT2D eigenvalue weighted by Crippen LogP contribution is 2.56. The number of hydrogen-bond acceptors (Lipinski definition) is 10. The summed E-state index contributed by atoms with van der Waals surface area (Å²) in [4.78, 5) is 46.2. The highest BCUT2D eigenvalue weighted by atomic mass is 16.6. The van der Waals surface area contributed by atoms with Gasteiger partial charge in [0, 0.05) is 36.5 Å². The number of rotatable bonds is 12. The van der Waals surface area contributed by atoms with Crippen LogP contribution in [0.5, 0.6) is 0 Å². The van der Waals surface area contributed by atoms with Gasteiger partial charge in [0.1, 0.15) is 24.1 Å². The van der Waals surface area contributed by atoms with Gasteiger partial charge in [0.15, 0.2) is 0 Å². The van der Waals surface area contributed by atoms with Crippen LogP contribution in [0.1, 0.15) is 314 Å². The number of esters is 4. The van der Waals surface area contributed by atoms with Gasteiger partial charge in [-0.3, -0.25) is 14.4 Å². The summed E-state index contributed by atoms with van der Waals surface area (Å²) in [7, 11) is 0. The van der Waals surface area contributed by atoms with Crippen molar-refractivity contribution < 1.29 is 47.6 Å². The zero-order valence-electron chi connectivity index (χ0n) is 65.0. The van der Waals surface area contributed by atoms with E-state index in [9.17, 15) is 19.2 Å². The van der Waals surface area contributed by atoms with E-state index in [-0.39, 0.29) is 65.4 Å². The van der Waals surface area contributed by atoms with Gasteiger partial charge in [0.2, 0.25) is 0 Å². The second-order valence-corrected chi connectivity index (χ2v) is 36.1. The van der Waals surface area contributed by atoms with Crippen LogP contribution in [0.3, 0.4) is 0 Å². The van der Waals surface area contributed by atoms with Crippen molar-refractivity contribution in [3.05, 3.63) is 23.0 Å². The predicted octanol–water partition coefficient (Wildman–Crippen LogP) is 21.5. The molecule has 27 atom stereocenters. The molecule has 10 nitrogen and oxygen atoms in total. The molecule has 0 aromatic heterocycles. The average molecular weight is 1310 g/mol. The van der Waals surface area contributed by atoms with E-state index in [1.54, 1.807) is 0 Å². The normalized spacial score (nSPS) is 43.4. The molecule has 12 rings (SSSR count). The highest BCUT2D eigenvalue weighted by molar-refractivity contribution is 5.91. The molecule has 10 heteroatoms. The molecule has 0 spiro atoms. The zero-order chi connectivity index (χ0) is 69.8. The van der Waals surface area contributed by atoms with E-state index in [1.807, 2.05) is 27.7 Å². The summed E-state index contributed by atoms with van der Waals surface area (Å²) in [5, 5.41) is 0. The number of carbonyl (C=O) groups is 4. The molecule has 5 saturated carbocycles. The Bertz CT molecular complexity index is 2480. The molecule has 6 aliphatic carbocycles. The van der Waals surface area contributed by atoms with Gasteiger partial charge < -0.3 is 28.4 Å². The molecule has 0 bridgehead atoms. The molecule has 5 saturated heterocycles. The lowest BCUT2D eigenvalue weighted by molar-refractivity contribution is -0.146. The van der Waals surface area contributed by atoms with Crippen molar-refractivity contribution in [2.45, 2.75) is 344 Å². The summed E-state index contributed by atoms with van der Waals surface area (Å²) in [6.45, 7) is 56.7. The number of fused-ring (bicyclic) bond motifs is 6. The highest BCUT2D eigenvalue weighted by Gasteiger charge is 2.53. The third kappa shape index (κ3) is 17.2. The molecule has 6 aliphatic heterocycles. The Morgan fingerprint density at radius 3 is 1.17 bits per heavy atom. The van der Waals surface area contributed by atoms with Gasteiger partial charge in [-0.05, 0) is 219 Å². The van der Waals surface area contributed by atoms with E-state index in [0.29, 0.717) is 68.9 Å². The smallest absolute Gasteiger partial charge is 0.334 e. The number of hydrogen-bond donors (Lipinski definition) is 0. The lowest BCUT2D eigenvalue weighted by Gasteiger charge is -2.44. The minimum atomic E-state index is -0.0894. The van der Waals surface area contributed by atoms with E-state index in [2.05, 4.69) is 145 Å². The first-order valence-corrected chi connectivity index (χ1v) is 39.5. The molecular weight excluding hydrogens is 1170 g/mol. The van der Waals surface area contributed by atoms with Crippen LogP contribution < -0.4 is 0 Å². The fourth-order valence-corrected chi connectivity index (χ4v) is 20.1. The summed E-state index contributed by atoms with van der Waals surface area (Å²) in [6.07, 6.45) is 32.0. The molecule has 6 heterocycles. The standard InChI is InChI=1S/2C14H24O2.2C14H22O2.2C14H26O/c4*1-5-9(2)14(4)7-6-11-10(3)13(15)16-12(11)8-14;2*1-5-11(3)14(4)7-6-12-10(2)9-15-13(12)8-14/h2*9-12H,5-8H2,1-4H3;9,12H,5-8H2,1-4H3;8-11H,5-7H2,1-4H3;2*10-13H,5-9H2,1-4H3/t9?,10?,11-,12?,14?;;;;10?,11?,12-,13?,14?;/m0...0./s1. The maximum Gasteiger partial charge on any atom is 0.334 e. The van der Waals surface area contributed by atoms with Gasteiger partial charge >= 0.3 is 23.9 Å². The Morgan fingerprint density at radius 1 is 0.426 bits per heavy atom. The molecule has 0 aromatic carbocycles. The Kier molecular flexibility index (Phi) is 27.0. The zero-order valence-corrected chi connectivity index (χ0v) is 65.0. The summed E-state index contributed by atoms with van der Waals surface area (Å²) in [5.41, 5.74) is 4.53. The van der Waals surface area contributed by atoms with Crippen molar-refractivity contribution in [3.8, 4) is 0 Å². The van der Waals surface area contributed by atoms with Gasteiger partial charge in [-0.2, -0.15) is 0 Å². The number of allylic oxidation sites excluding steroid dienone is 2. The predicted molar refractivity (Wildman–Crippen MR) is 383 cm³/mol. The second kappa shape index (κ2) is 32.3. The Hall–Kier alpha value is -2.72. The Balaban J connectivity index is 0.000000160. The quantitative estimate of drug-likeness (QED) is 0.138. The third-order valence-corrected chi connectivity index (χ3v) is 30.8. The van der Waals surface area contributed by atoms with E-state index < -0.39 is 0 Å². The molecule has 0 N–H and O–H groups in total. The maximum absolute atomic E-state index is 11.6. The summed E-state index contributed by atoms with van der Waals surface area (Å²) in [6, 6.07) is 0. The van der Waals surface area contributed by atoms with Crippen LogP contribution in [0, 0.1) is 127 Å².